The first-order chi connectivity index (χ1) is 5.20. The first kappa shape index (κ1) is 7.74. The number of hydrogen-bond acceptors (Lipinski definition) is 1. The minimum absolute atomic E-state index is 0.682. The molecule has 0 aromatic heterocycles. The molecule has 2 aliphatic rings. The summed E-state index contributed by atoms with van der Waals surface area (Å²) >= 11 is 0. The molecule has 2 saturated carbocycles. The minimum Gasteiger partial charge on any atom is -0.252 e. The van der Waals surface area contributed by atoms with Crippen molar-refractivity contribution in [2.45, 2.75) is 32.1 Å². The highest BCUT2D eigenvalue weighted by Gasteiger charge is 2.47. The van der Waals surface area contributed by atoms with Crippen molar-refractivity contribution in [3.63, 3.8) is 0 Å². The summed E-state index contributed by atoms with van der Waals surface area (Å²) in [7, 11) is -1.06. The van der Waals surface area contributed by atoms with Gasteiger partial charge in [0.1, 0.15) is 0 Å². The van der Waals surface area contributed by atoms with E-state index in [1.165, 1.54) is 32.1 Å². The lowest BCUT2D eigenvalue weighted by Crippen LogP contribution is -2.44. The zero-order chi connectivity index (χ0) is 7.90. The van der Waals surface area contributed by atoms with Gasteiger partial charge in [-0.1, -0.05) is 6.42 Å². The fraction of sp³-hybridized carbons (Fsp3) is 1.00. The van der Waals surface area contributed by atoms with E-state index in [4.69, 9.17) is 5.14 Å². The van der Waals surface area contributed by atoms with Crippen LogP contribution < -0.4 is 5.14 Å². The Morgan fingerprint density at radius 2 is 2.09 bits per heavy atom. The lowest BCUT2D eigenvalue weighted by Gasteiger charge is -2.54. The highest BCUT2D eigenvalue weighted by molar-refractivity contribution is 7.82. The van der Waals surface area contributed by atoms with Crippen molar-refractivity contribution in [1.82, 2.24) is 0 Å². The molecule has 2 rings (SSSR count). The van der Waals surface area contributed by atoms with E-state index in [1.807, 2.05) is 0 Å². The van der Waals surface area contributed by atoms with Crippen LogP contribution in [0.1, 0.15) is 32.1 Å². The summed E-state index contributed by atoms with van der Waals surface area (Å²) in [5, 5.41) is 5.22. The van der Waals surface area contributed by atoms with Gasteiger partial charge in [-0.2, -0.15) is 0 Å². The summed E-state index contributed by atoms with van der Waals surface area (Å²) < 4.78 is 10.7. The maximum Gasteiger partial charge on any atom is 0.0890 e. The lowest BCUT2D eigenvalue weighted by atomic mass is 9.52. The third kappa shape index (κ3) is 1.36. The summed E-state index contributed by atoms with van der Waals surface area (Å²) in [5.74, 6) is 1.42. The second-order valence-electron chi connectivity index (χ2n) is 4.18. The van der Waals surface area contributed by atoms with Crippen molar-refractivity contribution in [2.24, 2.45) is 16.5 Å². The largest absolute Gasteiger partial charge is 0.252 e. The zero-order valence-electron chi connectivity index (χ0n) is 6.71. The van der Waals surface area contributed by atoms with Crippen LogP contribution in [0.3, 0.4) is 0 Å². The predicted octanol–water partition coefficient (Wildman–Crippen LogP) is 1.19. The van der Waals surface area contributed by atoms with Gasteiger partial charge in [0.15, 0.2) is 0 Å². The molecular formula is C8H15NOS. The van der Waals surface area contributed by atoms with Gasteiger partial charge in [0.25, 0.3) is 0 Å². The van der Waals surface area contributed by atoms with Crippen LogP contribution in [0, 0.1) is 11.3 Å². The molecule has 11 heavy (non-hydrogen) atoms. The highest BCUT2D eigenvalue weighted by atomic mass is 32.2. The average Bonchev–Trinajstić information content (AvgIpc) is 1.71. The number of nitrogens with two attached hydrogens (primary N) is 1. The van der Waals surface area contributed by atoms with Gasteiger partial charge in [-0.05, 0) is 37.0 Å². The molecular weight excluding hydrogens is 158 g/mol. The maximum atomic E-state index is 10.7. The fourth-order valence-electron chi connectivity index (χ4n) is 2.60. The van der Waals surface area contributed by atoms with E-state index in [-0.39, 0.29) is 0 Å². The van der Waals surface area contributed by atoms with E-state index < -0.39 is 11.0 Å². The van der Waals surface area contributed by atoms with Crippen molar-refractivity contribution < 1.29 is 4.21 Å². The Morgan fingerprint density at radius 1 is 1.45 bits per heavy atom. The Labute approximate surface area is 70.1 Å². The summed E-state index contributed by atoms with van der Waals surface area (Å²) in [4.78, 5) is 0. The molecule has 1 unspecified atom stereocenters. The summed E-state index contributed by atoms with van der Waals surface area (Å²) in [6.45, 7) is 0. The van der Waals surface area contributed by atoms with Crippen molar-refractivity contribution in [3.05, 3.63) is 0 Å². The van der Waals surface area contributed by atoms with Crippen LogP contribution in [-0.2, 0) is 11.0 Å². The molecule has 2 nitrogen and oxygen atoms in total. The normalized spacial score (nSPS) is 31.0. The minimum atomic E-state index is -1.06. The second kappa shape index (κ2) is 2.56. The van der Waals surface area contributed by atoms with Crippen LogP contribution in [0.2, 0.25) is 0 Å². The molecule has 0 aromatic rings. The maximum absolute atomic E-state index is 10.7. The zero-order valence-corrected chi connectivity index (χ0v) is 7.53. The van der Waals surface area contributed by atoms with Crippen molar-refractivity contribution >= 4 is 11.0 Å². The monoisotopic (exact) mass is 173 g/mol. The molecule has 2 N–H and O–H groups in total. The Morgan fingerprint density at radius 3 is 2.45 bits per heavy atom. The second-order valence-corrected chi connectivity index (χ2v) is 5.27. The van der Waals surface area contributed by atoms with E-state index in [9.17, 15) is 4.21 Å². The van der Waals surface area contributed by atoms with E-state index in [2.05, 4.69) is 0 Å². The lowest BCUT2D eigenvalue weighted by molar-refractivity contribution is -0.0144. The first-order valence-corrected chi connectivity index (χ1v) is 5.71. The molecule has 2 aliphatic carbocycles. The molecule has 1 atom stereocenters. The van der Waals surface area contributed by atoms with E-state index in [1.54, 1.807) is 0 Å². The molecule has 2 fully saturated rings. The molecule has 0 amide bonds. The molecule has 0 bridgehead atoms. The average molecular weight is 173 g/mol. The van der Waals surface area contributed by atoms with E-state index in [0.717, 1.165) is 5.75 Å². The van der Waals surface area contributed by atoms with Crippen LogP contribution in [0.25, 0.3) is 0 Å². The predicted molar refractivity (Wildman–Crippen MR) is 46.2 cm³/mol. The van der Waals surface area contributed by atoms with Gasteiger partial charge in [-0.25, -0.2) is 4.21 Å². The van der Waals surface area contributed by atoms with Crippen LogP contribution in [0.15, 0.2) is 0 Å². The van der Waals surface area contributed by atoms with Gasteiger partial charge in [-0.3, -0.25) is 5.14 Å². The molecule has 64 valence electrons. The van der Waals surface area contributed by atoms with Crippen LogP contribution in [-0.4, -0.2) is 9.96 Å². The molecule has 0 aliphatic heterocycles. The van der Waals surface area contributed by atoms with Crippen LogP contribution in [0.5, 0.6) is 0 Å². The summed E-state index contributed by atoms with van der Waals surface area (Å²) in [6, 6.07) is 0. The van der Waals surface area contributed by atoms with Gasteiger partial charge in [-0.15, -0.1) is 0 Å². The SMILES string of the molecule is NS(=O)CC1CC2(CCC2)C1. The van der Waals surface area contributed by atoms with Gasteiger partial charge >= 0.3 is 0 Å². The summed E-state index contributed by atoms with van der Waals surface area (Å²) in [5.41, 5.74) is 0.712. The quantitative estimate of drug-likeness (QED) is 0.669. The van der Waals surface area contributed by atoms with E-state index in [0.29, 0.717) is 11.3 Å². The van der Waals surface area contributed by atoms with Gasteiger partial charge in [0, 0.05) is 5.75 Å². The smallest absolute Gasteiger partial charge is 0.0890 e. The molecule has 1 spiro atoms. The van der Waals surface area contributed by atoms with Crippen LogP contribution in [0.4, 0.5) is 0 Å². The molecule has 0 aromatic carbocycles. The Balaban J connectivity index is 1.75. The number of rotatable bonds is 2. The molecule has 3 heteroatoms. The van der Waals surface area contributed by atoms with Crippen LogP contribution >= 0.6 is 0 Å². The van der Waals surface area contributed by atoms with Gasteiger partial charge < -0.3 is 0 Å². The van der Waals surface area contributed by atoms with Gasteiger partial charge in [0.2, 0.25) is 0 Å². The van der Waals surface area contributed by atoms with Gasteiger partial charge in [0.05, 0.1) is 11.0 Å². The highest BCUT2D eigenvalue weighted by Crippen LogP contribution is 2.58. The third-order valence-corrected chi connectivity index (χ3v) is 4.06. The Hall–Kier alpha value is 0.110. The molecule has 0 saturated heterocycles. The molecule has 0 radical (unpaired) electrons. The summed E-state index contributed by atoms with van der Waals surface area (Å²) in [6.07, 6.45) is 6.85. The topological polar surface area (TPSA) is 43.1 Å². The van der Waals surface area contributed by atoms with E-state index >= 15 is 0 Å². The fourth-order valence-corrected chi connectivity index (χ4v) is 3.30. The first-order valence-electron chi connectivity index (χ1n) is 4.33. The Kier molecular flexibility index (Phi) is 1.80. The van der Waals surface area contributed by atoms with Crippen molar-refractivity contribution in [2.75, 3.05) is 5.75 Å². The molecule has 0 heterocycles. The third-order valence-electron chi connectivity index (χ3n) is 3.26. The standard InChI is InChI=1S/C8H15NOS/c9-11(10)6-7-4-8(5-7)2-1-3-8/h7H,1-6,9H2. The van der Waals surface area contributed by atoms with Crippen molar-refractivity contribution in [3.8, 4) is 0 Å². The number of hydrogen-bond donors (Lipinski definition) is 1. The Bertz CT molecular complexity index is 181. The van der Waals surface area contributed by atoms with Crippen molar-refractivity contribution in [1.29, 1.82) is 0 Å².